The molecule has 1 N–H and O–H groups in total. The summed E-state index contributed by atoms with van der Waals surface area (Å²) in [5.74, 6) is -0.682. The number of methoxy groups -OCH3 is 1. The highest BCUT2D eigenvalue weighted by Crippen LogP contribution is 2.29. The Morgan fingerprint density at radius 1 is 1.20 bits per heavy atom. The number of ether oxygens (including phenoxy) is 3. The second kappa shape index (κ2) is 7.79. The Labute approximate surface area is 146 Å². The molecule has 0 spiro atoms. The molecule has 1 saturated heterocycles. The van der Waals surface area contributed by atoms with Gasteiger partial charge in [-0.05, 0) is 26.0 Å². The zero-order valence-corrected chi connectivity index (χ0v) is 15.2. The fourth-order valence-corrected chi connectivity index (χ4v) is 3.60. The van der Waals surface area contributed by atoms with E-state index in [-0.39, 0.29) is 4.90 Å². The van der Waals surface area contributed by atoms with Crippen LogP contribution in [0.25, 0.3) is 0 Å². The third-order valence-corrected chi connectivity index (χ3v) is 5.17. The van der Waals surface area contributed by atoms with E-state index in [1.807, 2.05) is 6.92 Å². The Morgan fingerprint density at radius 2 is 1.80 bits per heavy atom. The van der Waals surface area contributed by atoms with E-state index in [0.29, 0.717) is 0 Å². The Morgan fingerprint density at radius 3 is 2.32 bits per heavy atom. The first-order valence-corrected chi connectivity index (χ1v) is 9.10. The Hall–Kier alpha value is -1.52. The first kappa shape index (κ1) is 19.8. The molecule has 1 aliphatic heterocycles. The second-order valence-electron chi connectivity index (χ2n) is 5.84. The lowest BCUT2D eigenvalue weighted by molar-refractivity contribution is -0.285. The van der Waals surface area contributed by atoms with Crippen molar-refractivity contribution in [3.05, 3.63) is 29.8 Å². The van der Waals surface area contributed by atoms with Crippen molar-refractivity contribution in [2.24, 2.45) is 0 Å². The third-order valence-electron chi connectivity index (χ3n) is 3.84. The van der Waals surface area contributed by atoms with Gasteiger partial charge < -0.3 is 19.3 Å². The summed E-state index contributed by atoms with van der Waals surface area (Å²) in [4.78, 5) is 11.3. The first-order valence-electron chi connectivity index (χ1n) is 7.69. The summed E-state index contributed by atoms with van der Waals surface area (Å²) in [6, 6.07) is 6.05. The van der Waals surface area contributed by atoms with E-state index in [2.05, 4.69) is 0 Å². The van der Waals surface area contributed by atoms with Gasteiger partial charge in [0.25, 0.3) is 10.1 Å². The van der Waals surface area contributed by atoms with E-state index in [1.54, 1.807) is 12.1 Å². The van der Waals surface area contributed by atoms with E-state index in [0.717, 1.165) is 12.5 Å². The summed E-state index contributed by atoms with van der Waals surface area (Å²) in [5.41, 5.74) is 0.885. The molecule has 1 heterocycles. The number of hydrogen-bond donors (Lipinski definition) is 1. The van der Waals surface area contributed by atoms with Gasteiger partial charge in [0.2, 0.25) is 0 Å². The van der Waals surface area contributed by atoms with Gasteiger partial charge in [0.1, 0.15) is 12.2 Å². The van der Waals surface area contributed by atoms with E-state index >= 15 is 0 Å². The molecule has 0 aliphatic carbocycles. The summed E-state index contributed by atoms with van der Waals surface area (Å²) in [6.45, 7) is 4.51. The van der Waals surface area contributed by atoms with Gasteiger partial charge >= 0.3 is 5.97 Å². The molecule has 1 fully saturated rings. The molecular weight excluding hydrogens is 352 g/mol. The molecule has 0 unspecified atom stereocenters. The van der Waals surface area contributed by atoms with Crippen LogP contribution in [0.15, 0.2) is 29.2 Å². The number of esters is 1. The van der Waals surface area contributed by atoms with E-state index in [9.17, 15) is 18.3 Å². The van der Waals surface area contributed by atoms with E-state index < -0.39 is 46.8 Å². The molecule has 9 heteroatoms. The zero-order valence-electron chi connectivity index (χ0n) is 14.4. The van der Waals surface area contributed by atoms with Gasteiger partial charge in [-0.25, -0.2) is 0 Å². The number of aryl methyl sites for hydroxylation is 1. The van der Waals surface area contributed by atoms with Crippen LogP contribution in [0.2, 0.25) is 0 Å². The van der Waals surface area contributed by atoms with Gasteiger partial charge in [0, 0.05) is 14.0 Å². The fourth-order valence-electron chi connectivity index (χ4n) is 2.51. The van der Waals surface area contributed by atoms with Gasteiger partial charge in [-0.15, -0.1) is 0 Å². The van der Waals surface area contributed by atoms with Crippen molar-refractivity contribution in [1.29, 1.82) is 0 Å². The minimum Gasteiger partial charge on any atom is -0.454 e. The number of aliphatic hydroxyl groups is 1. The lowest BCUT2D eigenvalue weighted by Gasteiger charge is -2.41. The molecule has 5 atom stereocenters. The smallest absolute Gasteiger partial charge is 0.303 e. The molecule has 25 heavy (non-hydrogen) atoms. The van der Waals surface area contributed by atoms with Gasteiger partial charge in [-0.3, -0.25) is 8.98 Å². The summed E-state index contributed by atoms with van der Waals surface area (Å²) in [7, 11) is -2.88. The summed E-state index contributed by atoms with van der Waals surface area (Å²) in [6.07, 6.45) is -5.80. The molecule has 1 aromatic rings. The molecule has 0 amide bonds. The van der Waals surface area contributed by atoms with Crippen molar-refractivity contribution >= 4 is 16.1 Å². The van der Waals surface area contributed by atoms with Crippen molar-refractivity contribution in [2.75, 3.05) is 7.11 Å². The van der Waals surface area contributed by atoms with Crippen molar-refractivity contribution in [3.63, 3.8) is 0 Å². The Bertz CT molecular complexity index is 699. The number of hydrogen-bond acceptors (Lipinski definition) is 8. The average Bonchev–Trinajstić information content (AvgIpc) is 2.54. The minimum atomic E-state index is -4.20. The van der Waals surface area contributed by atoms with Crippen LogP contribution < -0.4 is 0 Å². The van der Waals surface area contributed by atoms with Crippen molar-refractivity contribution in [3.8, 4) is 0 Å². The van der Waals surface area contributed by atoms with Crippen LogP contribution in [0.4, 0.5) is 0 Å². The topological polar surface area (TPSA) is 108 Å². The number of carbonyl (C=O) groups is 1. The standard InChI is InChI=1S/C16H22O8S/c1-9-5-7-12(8-6-9)25(19,20)24-14-13(18)10(2)22-16(21-4)15(14)23-11(3)17/h5-8,10,13-16,18H,1-4H3/t10-,13+,14+,15-,16-/m0/s1. The molecule has 0 radical (unpaired) electrons. The number of aliphatic hydroxyl groups excluding tert-OH is 1. The molecule has 1 aliphatic rings. The molecule has 2 rings (SSSR count). The maximum absolute atomic E-state index is 12.5. The maximum Gasteiger partial charge on any atom is 0.303 e. The average molecular weight is 374 g/mol. The normalized spacial score (nSPS) is 30.0. The zero-order chi connectivity index (χ0) is 18.8. The lowest BCUT2D eigenvalue weighted by Crippen LogP contribution is -2.59. The number of benzene rings is 1. The van der Waals surface area contributed by atoms with Crippen molar-refractivity contribution in [2.45, 2.75) is 56.4 Å². The molecule has 0 bridgehead atoms. The number of rotatable bonds is 5. The minimum absolute atomic E-state index is 0.0695. The highest BCUT2D eigenvalue weighted by atomic mass is 32.2. The predicted octanol–water partition coefficient (Wildman–Crippen LogP) is 0.753. The van der Waals surface area contributed by atoms with Crippen LogP contribution in [0.5, 0.6) is 0 Å². The van der Waals surface area contributed by atoms with Gasteiger partial charge in [0.05, 0.1) is 11.0 Å². The van der Waals surface area contributed by atoms with Crippen LogP contribution in [-0.2, 0) is 33.3 Å². The van der Waals surface area contributed by atoms with Gasteiger partial charge in [-0.2, -0.15) is 8.42 Å². The summed E-state index contributed by atoms with van der Waals surface area (Å²) in [5, 5.41) is 10.3. The fraction of sp³-hybridized carbons (Fsp3) is 0.562. The largest absolute Gasteiger partial charge is 0.454 e. The second-order valence-corrected chi connectivity index (χ2v) is 7.41. The Balaban J connectivity index is 2.33. The van der Waals surface area contributed by atoms with Crippen LogP contribution in [-0.4, -0.2) is 57.3 Å². The van der Waals surface area contributed by atoms with Gasteiger partial charge in [-0.1, -0.05) is 17.7 Å². The van der Waals surface area contributed by atoms with Crippen molar-refractivity contribution < 1.29 is 36.7 Å². The van der Waals surface area contributed by atoms with Gasteiger partial charge in [0.15, 0.2) is 12.4 Å². The van der Waals surface area contributed by atoms with Crippen LogP contribution >= 0.6 is 0 Å². The number of carbonyl (C=O) groups excluding carboxylic acids is 1. The maximum atomic E-state index is 12.5. The summed E-state index contributed by atoms with van der Waals surface area (Å²) < 4.78 is 45.9. The van der Waals surface area contributed by atoms with Crippen LogP contribution in [0.1, 0.15) is 19.4 Å². The van der Waals surface area contributed by atoms with Crippen LogP contribution in [0.3, 0.4) is 0 Å². The molecule has 0 aromatic heterocycles. The third kappa shape index (κ3) is 4.56. The molecule has 140 valence electrons. The highest BCUT2D eigenvalue weighted by Gasteiger charge is 2.49. The molecule has 0 saturated carbocycles. The highest BCUT2D eigenvalue weighted by molar-refractivity contribution is 7.86. The monoisotopic (exact) mass is 374 g/mol. The SMILES string of the molecule is CO[C@H]1O[C@@H](C)[C@@H](O)[C@@H](OS(=O)(=O)c2ccc(C)cc2)[C@@H]1OC(C)=O. The van der Waals surface area contributed by atoms with Crippen LogP contribution in [0, 0.1) is 6.92 Å². The molecule has 8 nitrogen and oxygen atoms in total. The lowest BCUT2D eigenvalue weighted by atomic mass is 10.00. The first-order chi connectivity index (χ1) is 11.7. The van der Waals surface area contributed by atoms with E-state index in [1.165, 1.54) is 26.2 Å². The van der Waals surface area contributed by atoms with E-state index in [4.69, 9.17) is 18.4 Å². The summed E-state index contributed by atoms with van der Waals surface area (Å²) >= 11 is 0. The predicted molar refractivity (Wildman–Crippen MR) is 86.1 cm³/mol. The van der Waals surface area contributed by atoms with Crippen molar-refractivity contribution in [1.82, 2.24) is 0 Å². The molecule has 1 aromatic carbocycles. The Kier molecular flexibility index (Phi) is 6.17. The molecular formula is C16H22O8S. The quantitative estimate of drug-likeness (QED) is 0.594.